The Morgan fingerprint density at radius 3 is 2.36 bits per heavy atom. The quantitative estimate of drug-likeness (QED) is 0.437. The number of allylic oxidation sites excluding steroid dienone is 1. The summed E-state index contributed by atoms with van der Waals surface area (Å²) in [6.07, 6.45) is 13.4. The van der Waals surface area contributed by atoms with Gasteiger partial charge in [0, 0.05) is 0 Å². The summed E-state index contributed by atoms with van der Waals surface area (Å²) >= 11 is 0. The predicted octanol–water partition coefficient (Wildman–Crippen LogP) is 4.06. The van der Waals surface area contributed by atoms with Gasteiger partial charge in [-0.3, -0.25) is 0 Å². The molecule has 0 aromatic heterocycles. The molecule has 0 aliphatic heterocycles. The molecule has 0 saturated carbocycles. The van der Waals surface area contributed by atoms with Gasteiger partial charge in [-0.2, -0.15) is 0 Å². The van der Waals surface area contributed by atoms with Crippen LogP contribution in [-0.2, 0) is 0 Å². The zero-order valence-electron chi connectivity index (χ0n) is 9.84. The third kappa shape index (κ3) is 9.79. The Hall–Kier alpha value is -0.300. The van der Waals surface area contributed by atoms with Crippen LogP contribution in [0.3, 0.4) is 0 Å². The molecular formula is C13H26O. The lowest BCUT2D eigenvalue weighted by Gasteiger charge is -2.04. The van der Waals surface area contributed by atoms with Crippen LogP contribution in [0.4, 0.5) is 0 Å². The lowest BCUT2D eigenvalue weighted by atomic mass is 10.1. The molecule has 0 spiro atoms. The number of aliphatic hydroxyl groups is 1. The molecule has 0 aromatic carbocycles. The number of rotatable bonds is 9. The van der Waals surface area contributed by atoms with Crippen LogP contribution < -0.4 is 0 Å². The highest BCUT2D eigenvalue weighted by Crippen LogP contribution is 2.08. The van der Waals surface area contributed by atoms with Gasteiger partial charge in [0.05, 0.1) is 6.10 Å². The lowest BCUT2D eigenvalue weighted by Crippen LogP contribution is -2.01. The van der Waals surface area contributed by atoms with Crippen LogP contribution in [0.1, 0.15) is 65.2 Å². The molecule has 0 aliphatic rings. The first kappa shape index (κ1) is 13.7. The molecule has 0 aromatic rings. The van der Waals surface area contributed by atoms with E-state index in [1.54, 1.807) is 0 Å². The van der Waals surface area contributed by atoms with Gasteiger partial charge < -0.3 is 5.11 Å². The fraction of sp³-hybridized carbons (Fsp3) is 0.846. The minimum absolute atomic E-state index is 0.205. The Labute approximate surface area is 89.2 Å². The summed E-state index contributed by atoms with van der Waals surface area (Å²) in [5.41, 5.74) is 0. The molecule has 1 N–H and O–H groups in total. The monoisotopic (exact) mass is 198 g/mol. The van der Waals surface area contributed by atoms with E-state index < -0.39 is 0 Å². The molecule has 0 radical (unpaired) electrons. The van der Waals surface area contributed by atoms with E-state index in [0.717, 1.165) is 19.3 Å². The van der Waals surface area contributed by atoms with Crippen molar-refractivity contribution in [3.05, 3.63) is 12.2 Å². The maximum atomic E-state index is 9.55. The predicted molar refractivity (Wildman–Crippen MR) is 63.4 cm³/mol. The van der Waals surface area contributed by atoms with Gasteiger partial charge in [-0.1, -0.05) is 64.5 Å². The third-order valence-corrected chi connectivity index (χ3v) is 2.42. The van der Waals surface area contributed by atoms with Crippen LogP contribution in [0.15, 0.2) is 12.2 Å². The van der Waals surface area contributed by atoms with E-state index in [0.29, 0.717) is 0 Å². The van der Waals surface area contributed by atoms with Crippen molar-refractivity contribution in [1.82, 2.24) is 0 Å². The molecule has 0 fully saturated rings. The van der Waals surface area contributed by atoms with Crippen molar-refractivity contribution in [2.45, 2.75) is 71.3 Å². The van der Waals surface area contributed by atoms with Crippen molar-refractivity contribution in [2.24, 2.45) is 0 Å². The first-order chi connectivity index (χ1) is 6.81. The van der Waals surface area contributed by atoms with Crippen molar-refractivity contribution >= 4 is 0 Å². The van der Waals surface area contributed by atoms with Crippen LogP contribution in [0.25, 0.3) is 0 Å². The SMILES string of the molecule is CCC/C=C/C(O)CCCCCCC. The largest absolute Gasteiger partial charge is 0.389 e. The number of hydrogen-bond acceptors (Lipinski definition) is 1. The average molecular weight is 198 g/mol. The summed E-state index contributed by atoms with van der Waals surface area (Å²) in [7, 11) is 0. The van der Waals surface area contributed by atoms with Crippen molar-refractivity contribution in [3.8, 4) is 0 Å². The van der Waals surface area contributed by atoms with Crippen LogP contribution in [0.2, 0.25) is 0 Å². The smallest absolute Gasteiger partial charge is 0.0720 e. The van der Waals surface area contributed by atoms with E-state index in [2.05, 4.69) is 19.9 Å². The van der Waals surface area contributed by atoms with Crippen LogP contribution in [0.5, 0.6) is 0 Å². The molecule has 14 heavy (non-hydrogen) atoms. The average Bonchev–Trinajstić information content (AvgIpc) is 2.18. The summed E-state index contributed by atoms with van der Waals surface area (Å²) in [6.45, 7) is 4.38. The Balaban J connectivity index is 3.21. The van der Waals surface area contributed by atoms with Crippen molar-refractivity contribution in [2.75, 3.05) is 0 Å². The Kier molecular flexibility index (Phi) is 10.5. The second-order valence-electron chi connectivity index (χ2n) is 3.99. The van der Waals surface area contributed by atoms with Crippen molar-refractivity contribution in [3.63, 3.8) is 0 Å². The van der Waals surface area contributed by atoms with Crippen molar-refractivity contribution in [1.29, 1.82) is 0 Å². The normalized spacial score (nSPS) is 13.6. The minimum atomic E-state index is -0.205. The van der Waals surface area contributed by atoms with E-state index in [-0.39, 0.29) is 6.10 Å². The fourth-order valence-electron chi connectivity index (χ4n) is 1.47. The molecular weight excluding hydrogens is 172 g/mol. The molecule has 1 heteroatoms. The van der Waals surface area contributed by atoms with E-state index in [4.69, 9.17) is 0 Å². The molecule has 0 saturated heterocycles. The lowest BCUT2D eigenvalue weighted by molar-refractivity contribution is 0.207. The molecule has 1 nitrogen and oxygen atoms in total. The third-order valence-electron chi connectivity index (χ3n) is 2.42. The molecule has 1 unspecified atom stereocenters. The number of hydrogen-bond donors (Lipinski definition) is 1. The molecule has 84 valence electrons. The van der Waals surface area contributed by atoms with Gasteiger partial charge in [0.1, 0.15) is 0 Å². The topological polar surface area (TPSA) is 20.2 Å². The van der Waals surface area contributed by atoms with E-state index in [1.165, 1.54) is 32.1 Å². The first-order valence-corrected chi connectivity index (χ1v) is 6.16. The fourth-order valence-corrected chi connectivity index (χ4v) is 1.47. The molecule has 0 amide bonds. The number of unbranched alkanes of at least 4 members (excludes halogenated alkanes) is 5. The Bertz CT molecular complexity index is 129. The number of aliphatic hydroxyl groups excluding tert-OH is 1. The van der Waals surface area contributed by atoms with Gasteiger partial charge in [-0.05, 0) is 12.8 Å². The van der Waals surface area contributed by atoms with Gasteiger partial charge in [-0.15, -0.1) is 0 Å². The minimum Gasteiger partial charge on any atom is -0.389 e. The summed E-state index contributed by atoms with van der Waals surface area (Å²) < 4.78 is 0. The maximum Gasteiger partial charge on any atom is 0.0720 e. The van der Waals surface area contributed by atoms with E-state index in [9.17, 15) is 5.11 Å². The summed E-state index contributed by atoms with van der Waals surface area (Å²) in [5.74, 6) is 0. The molecule has 0 bridgehead atoms. The molecule has 0 aliphatic carbocycles. The summed E-state index contributed by atoms with van der Waals surface area (Å²) in [4.78, 5) is 0. The maximum absolute atomic E-state index is 9.55. The highest BCUT2D eigenvalue weighted by molar-refractivity contribution is 4.87. The van der Waals surface area contributed by atoms with Crippen LogP contribution in [-0.4, -0.2) is 11.2 Å². The Morgan fingerprint density at radius 2 is 1.71 bits per heavy atom. The van der Waals surface area contributed by atoms with Gasteiger partial charge >= 0.3 is 0 Å². The summed E-state index contributed by atoms with van der Waals surface area (Å²) in [5, 5.41) is 9.55. The highest BCUT2D eigenvalue weighted by Gasteiger charge is 1.97. The standard InChI is InChI=1S/C13H26O/c1-3-5-7-8-10-12-13(14)11-9-6-4-2/h9,11,13-14H,3-8,10,12H2,1-2H3/b11-9+. The van der Waals surface area contributed by atoms with Gasteiger partial charge in [0.25, 0.3) is 0 Å². The zero-order chi connectivity index (χ0) is 10.6. The van der Waals surface area contributed by atoms with Gasteiger partial charge in [-0.25, -0.2) is 0 Å². The first-order valence-electron chi connectivity index (χ1n) is 6.16. The molecule has 0 rings (SSSR count). The van der Waals surface area contributed by atoms with Crippen LogP contribution >= 0.6 is 0 Å². The molecule has 0 heterocycles. The van der Waals surface area contributed by atoms with Crippen molar-refractivity contribution < 1.29 is 5.11 Å². The second-order valence-corrected chi connectivity index (χ2v) is 3.99. The van der Waals surface area contributed by atoms with E-state index in [1.807, 2.05) is 6.08 Å². The van der Waals surface area contributed by atoms with Gasteiger partial charge in [0.2, 0.25) is 0 Å². The highest BCUT2D eigenvalue weighted by atomic mass is 16.3. The zero-order valence-corrected chi connectivity index (χ0v) is 9.84. The van der Waals surface area contributed by atoms with Gasteiger partial charge in [0.15, 0.2) is 0 Å². The Morgan fingerprint density at radius 1 is 1.00 bits per heavy atom. The van der Waals surface area contributed by atoms with E-state index >= 15 is 0 Å². The molecule has 1 atom stereocenters. The van der Waals surface area contributed by atoms with Crippen LogP contribution in [0, 0.1) is 0 Å². The summed E-state index contributed by atoms with van der Waals surface area (Å²) in [6, 6.07) is 0. The second kappa shape index (κ2) is 10.8.